The van der Waals surface area contributed by atoms with Crippen molar-refractivity contribution < 1.29 is 75.2 Å². The van der Waals surface area contributed by atoms with Crippen molar-refractivity contribution in [2.75, 3.05) is 13.2 Å². The van der Waals surface area contributed by atoms with Crippen LogP contribution in [-0.4, -0.2) is 108 Å². The van der Waals surface area contributed by atoms with Gasteiger partial charge in [-0.3, -0.25) is 10.1 Å². The Labute approximate surface area is 435 Å². The number of rotatable bonds is 25. The highest BCUT2D eigenvalue weighted by molar-refractivity contribution is 6.36. The molecule has 1 N–H and O–H groups in total. The number of ether oxygens (including phenoxy) is 8. The highest BCUT2D eigenvalue weighted by Crippen LogP contribution is 2.43. The largest absolute Gasteiger partial charge is 0.461 e. The molecule has 19 heteroatoms. The molecule has 410 valence electrons. The monoisotopic (exact) mass is 1050 g/mol. The Morgan fingerprint density at radius 3 is 1.27 bits per heavy atom. The fourth-order valence-electron chi connectivity index (χ4n) is 9.23. The molecule has 0 aliphatic carbocycles. The Morgan fingerprint density at radius 1 is 0.600 bits per heavy atom. The van der Waals surface area contributed by atoms with Crippen LogP contribution in [-0.2, 0) is 73.9 Å². The molecule has 0 saturated carbocycles. The number of carbonyl (C=O) groups excluding carboxylic acids is 2. The quantitative estimate of drug-likeness (QED) is 0.0165. The molecule has 2 fully saturated rings. The van der Waals surface area contributed by atoms with Gasteiger partial charge in [-0.1, -0.05) is 154 Å². The van der Waals surface area contributed by atoms with Crippen LogP contribution < -0.4 is 0 Å². The molecule has 4 aromatic carbocycles. The summed E-state index contributed by atoms with van der Waals surface area (Å²) in [5, 5.41) is 23.6. The first-order chi connectivity index (χ1) is 36.0. The zero-order valence-electron chi connectivity index (χ0n) is 43.2. The smallest absolute Gasteiger partial charge is 0.381 e. The average Bonchev–Trinajstić information content (AvgIpc) is 3.41. The Bertz CT molecular complexity index is 2360. The third-order valence-electron chi connectivity index (χ3n) is 13.2. The van der Waals surface area contributed by atoms with E-state index in [0.717, 1.165) is 22.3 Å². The van der Waals surface area contributed by atoms with E-state index in [4.69, 9.17) is 33.2 Å². The SMILES string of the molecule is CCOC(=O)/C(CC(F)(F)[C@@H]1O[C@H](CC)[C@H](C)[C@H](OCc2ccccc2)[C@H]1OCc1ccccc1)=N\O.CCOC(=O)C(CC(F)(F)[C@@H]1O[C@H](CC)[C@H](C)[C@H](OCc2ccccc2)[C@H]1OCc1ccccc1)[N+](=O)[O-]. The predicted octanol–water partition coefficient (Wildman–Crippen LogP) is 10.6. The lowest BCUT2D eigenvalue weighted by atomic mass is 9.83. The van der Waals surface area contributed by atoms with Crippen LogP contribution in [0.2, 0.25) is 0 Å². The van der Waals surface area contributed by atoms with E-state index in [-0.39, 0.29) is 51.5 Å². The van der Waals surface area contributed by atoms with E-state index in [1.165, 1.54) is 13.8 Å². The minimum Gasteiger partial charge on any atom is -0.461 e. The molecule has 4 aromatic rings. The van der Waals surface area contributed by atoms with Crippen molar-refractivity contribution in [1.29, 1.82) is 0 Å². The topological polar surface area (TPSA) is 184 Å². The van der Waals surface area contributed by atoms with Gasteiger partial charge in [0.1, 0.15) is 12.2 Å². The predicted molar refractivity (Wildman–Crippen MR) is 269 cm³/mol. The minimum absolute atomic E-state index is 0.00664. The molecule has 11 atom stereocenters. The summed E-state index contributed by atoms with van der Waals surface area (Å²) in [5.74, 6) is -10.4. The number of hydrogen-bond acceptors (Lipinski definition) is 14. The Balaban J connectivity index is 0.000000277. The Hall–Kier alpha value is -5.83. The van der Waals surface area contributed by atoms with Gasteiger partial charge in [0, 0.05) is 16.8 Å². The van der Waals surface area contributed by atoms with Crippen molar-refractivity contribution >= 4 is 17.7 Å². The second-order valence-corrected chi connectivity index (χ2v) is 18.5. The van der Waals surface area contributed by atoms with Gasteiger partial charge in [0.05, 0.1) is 76.9 Å². The van der Waals surface area contributed by atoms with Crippen LogP contribution in [0.3, 0.4) is 0 Å². The lowest BCUT2D eigenvalue weighted by Gasteiger charge is -2.47. The van der Waals surface area contributed by atoms with Crippen molar-refractivity contribution in [2.45, 2.75) is 160 Å². The van der Waals surface area contributed by atoms with Crippen molar-refractivity contribution in [3.8, 4) is 0 Å². The average molecular weight is 1060 g/mol. The standard InChI is InChI=1S/C28H35F2NO7.C28H35F2NO6/c1-4-23-19(3)24(36-17-20-12-8-6-9-13-20)25(37-18-21-14-10-7-11-15-21)26(38-23)28(29,30)16-22(31(33)34)27(32)35-5-2;1-4-23-19(3)24(35-17-20-12-8-6-9-13-20)25(36-18-21-14-10-7-11-15-21)26(37-23)28(29,30)16-22(31-33)27(32)34-5-2/h6-15,19,22-26H,4-5,16-18H2,1-3H3;6-15,19,23-26,33H,4-5,16-18H2,1-3H3/b;31-22-/t19-,22?,23+,24-,25+,26+;19-,23+,24-,25+,26+/m00/s1. The number of halogens is 4. The molecule has 0 amide bonds. The van der Waals surface area contributed by atoms with Gasteiger partial charge in [-0.2, -0.15) is 0 Å². The lowest BCUT2D eigenvalue weighted by molar-refractivity contribution is -0.517. The van der Waals surface area contributed by atoms with E-state index in [2.05, 4.69) is 9.89 Å². The van der Waals surface area contributed by atoms with Crippen LogP contribution in [0.25, 0.3) is 0 Å². The van der Waals surface area contributed by atoms with Gasteiger partial charge < -0.3 is 43.1 Å². The first-order valence-electron chi connectivity index (χ1n) is 25.3. The Kier molecular flexibility index (Phi) is 23.6. The molecule has 15 nitrogen and oxygen atoms in total. The minimum atomic E-state index is -3.80. The van der Waals surface area contributed by atoms with E-state index in [1.54, 1.807) is 12.1 Å². The number of nitro groups is 1. The van der Waals surface area contributed by atoms with Crippen LogP contribution in [0.15, 0.2) is 126 Å². The number of esters is 2. The molecule has 2 saturated heterocycles. The maximum absolute atomic E-state index is 15.9. The highest BCUT2D eigenvalue weighted by Gasteiger charge is 2.59. The first kappa shape index (κ1) is 60.0. The maximum Gasteiger partial charge on any atom is 0.381 e. The van der Waals surface area contributed by atoms with Crippen molar-refractivity contribution in [1.82, 2.24) is 0 Å². The van der Waals surface area contributed by atoms with Crippen LogP contribution in [0.1, 0.15) is 89.5 Å². The van der Waals surface area contributed by atoms with E-state index >= 15 is 17.6 Å². The summed E-state index contributed by atoms with van der Waals surface area (Å²) in [5.41, 5.74) is 2.54. The van der Waals surface area contributed by atoms with E-state index in [1.807, 2.05) is 137 Å². The second kappa shape index (κ2) is 29.5. The number of benzene rings is 4. The van der Waals surface area contributed by atoms with Gasteiger partial charge in [0.25, 0.3) is 11.8 Å². The zero-order chi connectivity index (χ0) is 54.5. The summed E-state index contributed by atoms with van der Waals surface area (Å²) >= 11 is 0. The molecule has 6 rings (SSSR count). The molecule has 1 unspecified atom stereocenters. The van der Waals surface area contributed by atoms with Gasteiger partial charge in [-0.25, -0.2) is 27.2 Å². The number of hydrogen-bond donors (Lipinski definition) is 1. The molecule has 0 spiro atoms. The van der Waals surface area contributed by atoms with Gasteiger partial charge in [0.2, 0.25) is 0 Å². The summed E-state index contributed by atoms with van der Waals surface area (Å²) in [6, 6.07) is 34.8. The summed E-state index contributed by atoms with van der Waals surface area (Å²) < 4.78 is 109. The summed E-state index contributed by atoms with van der Waals surface area (Å²) in [6.45, 7) is 10.6. The number of carbonyl (C=O) groups is 2. The molecule has 0 aromatic heterocycles. The van der Waals surface area contributed by atoms with Crippen molar-refractivity contribution in [2.24, 2.45) is 17.0 Å². The van der Waals surface area contributed by atoms with Gasteiger partial charge in [-0.15, -0.1) is 0 Å². The summed E-state index contributed by atoms with van der Waals surface area (Å²) in [6.07, 6.45) is -10.4. The molecule has 75 heavy (non-hydrogen) atoms. The molecular formula is C56H70F4N2O13. The van der Waals surface area contributed by atoms with Crippen LogP contribution in [0, 0.1) is 22.0 Å². The van der Waals surface area contributed by atoms with E-state index in [9.17, 15) is 24.9 Å². The van der Waals surface area contributed by atoms with Crippen LogP contribution in [0.4, 0.5) is 17.6 Å². The highest BCUT2D eigenvalue weighted by atomic mass is 19.3. The second-order valence-electron chi connectivity index (χ2n) is 18.5. The summed E-state index contributed by atoms with van der Waals surface area (Å²) in [7, 11) is 0. The van der Waals surface area contributed by atoms with Crippen molar-refractivity contribution in [3.05, 3.63) is 154 Å². The Morgan fingerprint density at radius 2 is 0.947 bits per heavy atom. The fourth-order valence-corrected chi connectivity index (χ4v) is 9.23. The maximum atomic E-state index is 15.9. The molecule has 0 radical (unpaired) electrons. The van der Waals surface area contributed by atoms with E-state index in [0.29, 0.717) is 12.8 Å². The van der Waals surface area contributed by atoms with Gasteiger partial charge >= 0.3 is 18.0 Å². The third kappa shape index (κ3) is 17.1. The van der Waals surface area contributed by atoms with Crippen LogP contribution in [0.5, 0.6) is 0 Å². The first-order valence-corrected chi connectivity index (χ1v) is 25.3. The summed E-state index contributed by atoms with van der Waals surface area (Å²) in [4.78, 5) is 34.7. The van der Waals surface area contributed by atoms with E-state index < -0.39 is 102 Å². The van der Waals surface area contributed by atoms with Gasteiger partial charge in [-0.05, 0) is 48.9 Å². The number of nitrogens with zero attached hydrogens (tertiary/aromatic N) is 2. The van der Waals surface area contributed by atoms with Crippen molar-refractivity contribution in [3.63, 3.8) is 0 Å². The van der Waals surface area contributed by atoms with Crippen LogP contribution >= 0.6 is 0 Å². The normalized spacial score (nSPS) is 24.5. The third-order valence-corrected chi connectivity index (χ3v) is 13.2. The zero-order valence-corrected chi connectivity index (χ0v) is 43.2. The fraction of sp³-hybridized carbons (Fsp3) is 0.518. The molecule has 0 bridgehead atoms. The number of alkyl halides is 4. The lowest BCUT2D eigenvalue weighted by Crippen LogP contribution is -2.62. The molecule has 2 heterocycles. The number of oxime groups is 1. The molecule has 2 aliphatic heterocycles. The molecule has 2 aliphatic rings. The molecular weight excluding hydrogens is 985 g/mol. The van der Waals surface area contributed by atoms with Gasteiger partial charge in [0.15, 0.2) is 17.9 Å².